The molecular weight excluding hydrogens is 266 g/mol. The molecule has 0 atom stereocenters. The molecule has 110 valence electrons. The predicted octanol–water partition coefficient (Wildman–Crippen LogP) is 1.44. The zero-order valence-electron chi connectivity index (χ0n) is 12.5. The van der Waals surface area contributed by atoms with Crippen LogP contribution in [-0.2, 0) is 0 Å². The quantitative estimate of drug-likeness (QED) is 0.928. The third kappa shape index (κ3) is 2.18. The summed E-state index contributed by atoms with van der Waals surface area (Å²) in [6, 6.07) is 2.08. The summed E-state index contributed by atoms with van der Waals surface area (Å²) in [6.45, 7) is 4.11. The number of fused-ring (bicyclic) bond motifs is 1. The SMILES string of the molecule is CNC(=O)c1c(-c2ccnn2C(C)C)oc2c1=CCCC=2. The lowest BCUT2D eigenvalue weighted by Crippen LogP contribution is -2.31. The van der Waals surface area contributed by atoms with Crippen LogP contribution >= 0.6 is 0 Å². The van der Waals surface area contributed by atoms with Crippen LogP contribution in [0.4, 0.5) is 0 Å². The van der Waals surface area contributed by atoms with E-state index < -0.39 is 0 Å². The van der Waals surface area contributed by atoms with Crippen molar-refractivity contribution in [3.05, 3.63) is 28.5 Å². The molecule has 3 rings (SSSR count). The average Bonchev–Trinajstić information content (AvgIpc) is 3.10. The highest BCUT2D eigenvalue weighted by Gasteiger charge is 2.23. The Hall–Kier alpha value is -2.30. The molecule has 0 aliphatic heterocycles. The Balaban J connectivity index is 2.31. The van der Waals surface area contributed by atoms with Gasteiger partial charge in [0.15, 0.2) is 5.76 Å². The van der Waals surface area contributed by atoms with Gasteiger partial charge in [0, 0.05) is 24.5 Å². The van der Waals surface area contributed by atoms with Gasteiger partial charge in [0.25, 0.3) is 5.91 Å². The smallest absolute Gasteiger partial charge is 0.255 e. The summed E-state index contributed by atoms with van der Waals surface area (Å²) in [6.07, 6.45) is 7.72. The Morgan fingerprint density at radius 1 is 1.38 bits per heavy atom. The van der Waals surface area contributed by atoms with Crippen LogP contribution in [0.25, 0.3) is 23.6 Å². The van der Waals surface area contributed by atoms with E-state index >= 15 is 0 Å². The molecule has 0 saturated carbocycles. The third-order valence-corrected chi connectivity index (χ3v) is 3.66. The average molecular weight is 285 g/mol. The van der Waals surface area contributed by atoms with E-state index in [4.69, 9.17) is 4.42 Å². The Bertz CT molecular complexity index is 796. The highest BCUT2D eigenvalue weighted by atomic mass is 16.3. The fourth-order valence-corrected chi connectivity index (χ4v) is 2.69. The topological polar surface area (TPSA) is 60.1 Å². The van der Waals surface area contributed by atoms with Gasteiger partial charge < -0.3 is 9.73 Å². The van der Waals surface area contributed by atoms with E-state index in [0.717, 1.165) is 29.2 Å². The molecule has 0 bridgehead atoms. The van der Waals surface area contributed by atoms with Crippen molar-refractivity contribution in [3.63, 3.8) is 0 Å². The molecule has 0 spiro atoms. The molecule has 5 heteroatoms. The van der Waals surface area contributed by atoms with Crippen molar-refractivity contribution < 1.29 is 9.21 Å². The minimum absolute atomic E-state index is 0.127. The van der Waals surface area contributed by atoms with E-state index in [9.17, 15) is 4.79 Å². The maximum Gasteiger partial charge on any atom is 0.255 e. The number of carbonyl (C=O) groups excluding carboxylic acids is 1. The first-order valence-corrected chi connectivity index (χ1v) is 7.22. The third-order valence-electron chi connectivity index (χ3n) is 3.66. The number of nitrogens with zero attached hydrogens (tertiary/aromatic N) is 2. The molecule has 5 nitrogen and oxygen atoms in total. The van der Waals surface area contributed by atoms with Crippen molar-refractivity contribution in [2.75, 3.05) is 7.05 Å². The van der Waals surface area contributed by atoms with Crippen molar-refractivity contribution in [1.82, 2.24) is 15.1 Å². The summed E-state index contributed by atoms with van der Waals surface area (Å²) in [7, 11) is 1.64. The molecule has 1 aliphatic carbocycles. The molecule has 21 heavy (non-hydrogen) atoms. The van der Waals surface area contributed by atoms with Crippen LogP contribution in [0.2, 0.25) is 0 Å². The van der Waals surface area contributed by atoms with Crippen LogP contribution in [0.1, 0.15) is 43.1 Å². The maximum atomic E-state index is 12.3. The van der Waals surface area contributed by atoms with Crippen molar-refractivity contribution >= 4 is 18.1 Å². The van der Waals surface area contributed by atoms with E-state index in [1.165, 1.54) is 0 Å². The number of amides is 1. The van der Waals surface area contributed by atoms with Gasteiger partial charge in [-0.1, -0.05) is 6.08 Å². The van der Waals surface area contributed by atoms with Gasteiger partial charge in [0.05, 0.1) is 5.56 Å². The van der Waals surface area contributed by atoms with E-state index in [-0.39, 0.29) is 11.9 Å². The second kappa shape index (κ2) is 5.24. The molecule has 1 N–H and O–H groups in total. The van der Waals surface area contributed by atoms with Gasteiger partial charge in [-0.05, 0) is 38.8 Å². The first-order chi connectivity index (χ1) is 10.1. The van der Waals surface area contributed by atoms with Crippen LogP contribution in [0.3, 0.4) is 0 Å². The first-order valence-electron chi connectivity index (χ1n) is 7.22. The zero-order chi connectivity index (χ0) is 15.0. The van der Waals surface area contributed by atoms with Gasteiger partial charge in [-0.3, -0.25) is 9.48 Å². The summed E-state index contributed by atoms with van der Waals surface area (Å²) in [4.78, 5) is 12.3. The Labute approximate surface area is 123 Å². The van der Waals surface area contributed by atoms with E-state index in [1.54, 1.807) is 13.2 Å². The number of aromatic nitrogens is 2. The standard InChI is InChI=1S/C16H19N3O2/c1-10(2)19-12(8-9-18-19)15-14(16(20)17-3)11-6-4-5-7-13(11)21-15/h6-10H,4-5H2,1-3H3,(H,17,20). The van der Waals surface area contributed by atoms with Crippen LogP contribution in [0.5, 0.6) is 0 Å². The number of rotatable bonds is 3. The van der Waals surface area contributed by atoms with E-state index in [2.05, 4.69) is 30.3 Å². The molecule has 2 aromatic rings. The minimum Gasteiger partial charge on any atom is -0.454 e. The lowest BCUT2D eigenvalue weighted by Gasteiger charge is -2.10. The van der Waals surface area contributed by atoms with Crippen molar-refractivity contribution in [2.24, 2.45) is 0 Å². The maximum absolute atomic E-state index is 12.3. The lowest BCUT2D eigenvalue weighted by atomic mass is 10.1. The number of furan rings is 1. The van der Waals surface area contributed by atoms with Crippen LogP contribution in [0, 0.1) is 0 Å². The fourth-order valence-electron chi connectivity index (χ4n) is 2.69. The predicted molar refractivity (Wildman–Crippen MR) is 81.1 cm³/mol. The Kier molecular flexibility index (Phi) is 3.41. The van der Waals surface area contributed by atoms with Crippen molar-refractivity contribution in [2.45, 2.75) is 32.7 Å². The highest BCUT2D eigenvalue weighted by Crippen LogP contribution is 2.24. The van der Waals surface area contributed by atoms with Gasteiger partial charge in [-0.15, -0.1) is 0 Å². The summed E-state index contributed by atoms with van der Waals surface area (Å²) < 4.78 is 7.86. The summed E-state index contributed by atoms with van der Waals surface area (Å²) in [5.41, 5.74) is 2.22. The van der Waals surface area contributed by atoms with Crippen LogP contribution in [0.15, 0.2) is 16.7 Å². The van der Waals surface area contributed by atoms with E-state index in [0.29, 0.717) is 11.3 Å². The van der Waals surface area contributed by atoms with Gasteiger partial charge in [-0.2, -0.15) is 5.10 Å². The molecule has 0 unspecified atom stereocenters. The highest BCUT2D eigenvalue weighted by molar-refractivity contribution is 5.99. The van der Waals surface area contributed by atoms with Crippen LogP contribution in [-0.4, -0.2) is 22.7 Å². The van der Waals surface area contributed by atoms with Gasteiger partial charge in [-0.25, -0.2) is 0 Å². The van der Waals surface area contributed by atoms with Gasteiger partial charge in [0.1, 0.15) is 11.1 Å². The largest absolute Gasteiger partial charge is 0.454 e. The van der Waals surface area contributed by atoms with Crippen LogP contribution < -0.4 is 16.0 Å². The zero-order valence-corrected chi connectivity index (χ0v) is 12.5. The summed E-state index contributed by atoms with van der Waals surface area (Å²) >= 11 is 0. The second-order valence-corrected chi connectivity index (χ2v) is 5.40. The van der Waals surface area contributed by atoms with E-state index in [1.807, 2.05) is 16.8 Å². The van der Waals surface area contributed by atoms with Gasteiger partial charge in [0.2, 0.25) is 0 Å². The molecule has 0 saturated heterocycles. The Morgan fingerprint density at radius 3 is 2.86 bits per heavy atom. The Morgan fingerprint density at radius 2 is 2.14 bits per heavy atom. The molecule has 0 radical (unpaired) electrons. The summed E-state index contributed by atoms with van der Waals surface area (Å²) in [5, 5.41) is 7.93. The number of hydrogen-bond acceptors (Lipinski definition) is 3. The number of nitrogens with one attached hydrogen (secondary N) is 1. The van der Waals surface area contributed by atoms with Crippen molar-refractivity contribution in [3.8, 4) is 11.5 Å². The van der Waals surface area contributed by atoms with Crippen molar-refractivity contribution in [1.29, 1.82) is 0 Å². The molecule has 1 aliphatic rings. The molecular formula is C16H19N3O2. The minimum atomic E-state index is -0.127. The monoisotopic (exact) mass is 285 g/mol. The molecule has 0 aromatic carbocycles. The molecule has 2 aromatic heterocycles. The number of hydrogen-bond donors (Lipinski definition) is 1. The fraction of sp³-hybridized carbons (Fsp3) is 0.375. The summed E-state index contributed by atoms with van der Waals surface area (Å²) in [5.74, 6) is 0.470. The first kappa shape index (κ1) is 13.7. The number of carbonyl (C=O) groups is 1. The molecule has 2 heterocycles. The van der Waals surface area contributed by atoms with Gasteiger partial charge >= 0.3 is 0 Å². The molecule has 1 amide bonds. The molecule has 0 fully saturated rings. The lowest BCUT2D eigenvalue weighted by molar-refractivity contribution is 0.0962. The second-order valence-electron chi connectivity index (χ2n) is 5.40. The normalized spacial score (nSPS) is 13.5.